The van der Waals surface area contributed by atoms with Crippen molar-refractivity contribution in [2.75, 3.05) is 19.8 Å². The molecular weight excluding hydrogens is 348 g/mol. The third kappa shape index (κ3) is 5.99. The van der Waals surface area contributed by atoms with Gasteiger partial charge in [-0.25, -0.2) is 4.79 Å². The van der Waals surface area contributed by atoms with Crippen molar-refractivity contribution in [1.29, 1.82) is 0 Å². The second kappa shape index (κ2) is 9.56. The van der Waals surface area contributed by atoms with Crippen molar-refractivity contribution in [3.05, 3.63) is 63.1 Å². The number of rotatable bonds is 8. The minimum absolute atomic E-state index is 0.137. The molecule has 0 aliphatic rings. The monoisotopic (exact) mass is 372 g/mol. The highest BCUT2D eigenvalue weighted by atomic mass is 16.5. The van der Waals surface area contributed by atoms with E-state index >= 15 is 0 Å². The molecular formula is C20H24N2O5. The summed E-state index contributed by atoms with van der Waals surface area (Å²) in [6, 6.07) is 6.94. The number of aromatic amines is 1. The van der Waals surface area contributed by atoms with Gasteiger partial charge in [0.25, 0.3) is 11.5 Å². The smallest absolute Gasteiger partial charge is 0.344 e. The van der Waals surface area contributed by atoms with Crippen LogP contribution in [0.1, 0.15) is 33.5 Å². The van der Waals surface area contributed by atoms with Crippen molar-refractivity contribution < 1.29 is 19.1 Å². The quantitative estimate of drug-likeness (QED) is 0.546. The van der Waals surface area contributed by atoms with Gasteiger partial charge in [0, 0.05) is 12.7 Å². The molecule has 1 heterocycles. The Balaban J connectivity index is 1.67. The normalized spacial score (nSPS) is 10.3. The number of esters is 1. The molecule has 2 rings (SSSR count). The lowest BCUT2D eigenvalue weighted by molar-refractivity contribution is -0.124. The van der Waals surface area contributed by atoms with Crippen molar-refractivity contribution in [2.45, 2.75) is 27.2 Å². The van der Waals surface area contributed by atoms with Gasteiger partial charge in [-0.05, 0) is 62.1 Å². The van der Waals surface area contributed by atoms with E-state index in [1.165, 1.54) is 23.9 Å². The molecule has 0 atom stereocenters. The van der Waals surface area contributed by atoms with Crippen molar-refractivity contribution in [3.8, 4) is 5.75 Å². The lowest BCUT2D eigenvalue weighted by atomic mass is 10.1. The number of ether oxygens (including phenoxy) is 2. The van der Waals surface area contributed by atoms with Gasteiger partial charge in [0.2, 0.25) is 0 Å². The van der Waals surface area contributed by atoms with E-state index in [2.05, 4.69) is 16.4 Å². The average molecular weight is 372 g/mol. The van der Waals surface area contributed by atoms with Gasteiger partial charge in [-0.15, -0.1) is 0 Å². The van der Waals surface area contributed by atoms with Crippen LogP contribution in [0.2, 0.25) is 0 Å². The Morgan fingerprint density at radius 1 is 1.19 bits per heavy atom. The molecule has 0 aliphatic heterocycles. The Bertz CT molecular complexity index is 873. The number of aromatic nitrogens is 1. The van der Waals surface area contributed by atoms with E-state index in [9.17, 15) is 14.4 Å². The molecule has 1 aromatic heterocycles. The maximum absolute atomic E-state index is 11.7. The van der Waals surface area contributed by atoms with Crippen LogP contribution in [0, 0.1) is 20.8 Å². The summed E-state index contributed by atoms with van der Waals surface area (Å²) < 4.78 is 10.6. The van der Waals surface area contributed by atoms with E-state index in [1.54, 1.807) is 0 Å². The summed E-state index contributed by atoms with van der Waals surface area (Å²) in [5.74, 6) is -0.417. The molecule has 1 aromatic carbocycles. The first kappa shape index (κ1) is 20.2. The van der Waals surface area contributed by atoms with Gasteiger partial charge < -0.3 is 19.8 Å². The summed E-state index contributed by atoms with van der Waals surface area (Å²) in [4.78, 5) is 37.3. The van der Waals surface area contributed by atoms with Crippen LogP contribution >= 0.6 is 0 Å². The second-order valence-corrected chi connectivity index (χ2v) is 6.25. The molecule has 0 unspecified atom stereocenters. The molecule has 0 saturated carbocycles. The number of pyridine rings is 1. The molecule has 144 valence electrons. The van der Waals surface area contributed by atoms with Crippen LogP contribution in [0.25, 0.3) is 0 Å². The molecule has 27 heavy (non-hydrogen) atoms. The number of amides is 1. The van der Waals surface area contributed by atoms with Crippen LogP contribution < -0.4 is 15.6 Å². The number of hydrogen-bond acceptors (Lipinski definition) is 5. The Hall–Kier alpha value is -3.09. The number of H-pyrrole nitrogens is 1. The third-order valence-electron chi connectivity index (χ3n) is 4.04. The third-order valence-corrected chi connectivity index (χ3v) is 4.04. The van der Waals surface area contributed by atoms with Gasteiger partial charge in [-0.1, -0.05) is 6.07 Å². The minimum Gasteiger partial charge on any atom is -0.493 e. The zero-order chi connectivity index (χ0) is 19.8. The molecule has 1 amide bonds. The lowest BCUT2D eigenvalue weighted by Crippen LogP contribution is -2.31. The first-order valence-electron chi connectivity index (χ1n) is 8.70. The SMILES string of the molecule is Cc1cc(C)c(C)c(OCCCNC(=O)COC(=O)c2ccc[nH]c2=O)c1. The van der Waals surface area contributed by atoms with Crippen LogP contribution in [-0.2, 0) is 9.53 Å². The molecule has 0 aliphatic carbocycles. The van der Waals surface area contributed by atoms with Gasteiger partial charge in [0.1, 0.15) is 11.3 Å². The fourth-order valence-electron chi connectivity index (χ4n) is 2.48. The Kier molecular flexibility index (Phi) is 7.16. The minimum atomic E-state index is -0.833. The van der Waals surface area contributed by atoms with Crippen molar-refractivity contribution >= 4 is 11.9 Å². The van der Waals surface area contributed by atoms with Crippen LogP contribution in [-0.4, -0.2) is 36.6 Å². The molecule has 0 saturated heterocycles. The first-order chi connectivity index (χ1) is 12.9. The largest absolute Gasteiger partial charge is 0.493 e. The van der Waals surface area contributed by atoms with Crippen LogP contribution in [0.5, 0.6) is 5.75 Å². The maximum Gasteiger partial charge on any atom is 0.344 e. The fourth-order valence-corrected chi connectivity index (χ4v) is 2.48. The van der Waals surface area contributed by atoms with E-state index in [1.807, 2.05) is 26.8 Å². The predicted octanol–water partition coefficient (Wildman–Crippen LogP) is 2.04. The summed E-state index contributed by atoms with van der Waals surface area (Å²) in [5, 5.41) is 2.65. The number of nitrogens with one attached hydrogen (secondary N) is 2. The van der Waals surface area contributed by atoms with E-state index < -0.39 is 24.0 Å². The lowest BCUT2D eigenvalue weighted by Gasteiger charge is -2.12. The van der Waals surface area contributed by atoms with Crippen LogP contribution in [0.15, 0.2) is 35.3 Å². The van der Waals surface area contributed by atoms with Crippen molar-refractivity contribution in [3.63, 3.8) is 0 Å². The summed E-state index contributed by atoms with van der Waals surface area (Å²) in [5.41, 5.74) is 2.73. The fraction of sp³-hybridized carbons (Fsp3) is 0.350. The topological polar surface area (TPSA) is 97.5 Å². The van der Waals surface area contributed by atoms with Gasteiger partial charge >= 0.3 is 5.97 Å². The highest BCUT2D eigenvalue weighted by Gasteiger charge is 2.13. The number of carbonyl (C=O) groups is 2. The zero-order valence-electron chi connectivity index (χ0n) is 15.8. The molecule has 2 N–H and O–H groups in total. The highest BCUT2D eigenvalue weighted by Crippen LogP contribution is 2.23. The van der Waals surface area contributed by atoms with Crippen molar-refractivity contribution in [1.82, 2.24) is 10.3 Å². The van der Waals surface area contributed by atoms with E-state index in [0.29, 0.717) is 19.6 Å². The number of aryl methyl sites for hydroxylation is 2. The summed E-state index contributed by atoms with van der Waals surface area (Å²) >= 11 is 0. The molecule has 2 aromatic rings. The Morgan fingerprint density at radius 2 is 1.96 bits per heavy atom. The molecule has 0 spiro atoms. The van der Waals surface area contributed by atoms with Gasteiger partial charge in [0.05, 0.1) is 6.61 Å². The second-order valence-electron chi connectivity index (χ2n) is 6.25. The van der Waals surface area contributed by atoms with Gasteiger partial charge in [0.15, 0.2) is 6.61 Å². The van der Waals surface area contributed by atoms with E-state index in [4.69, 9.17) is 9.47 Å². The number of hydrogen-bond donors (Lipinski definition) is 2. The summed E-state index contributed by atoms with van der Waals surface area (Å²) in [7, 11) is 0. The molecule has 0 fully saturated rings. The Morgan fingerprint density at radius 3 is 2.70 bits per heavy atom. The molecule has 7 nitrogen and oxygen atoms in total. The molecule has 0 radical (unpaired) electrons. The number of benzene rings is 1. The van der Waals surface area contributed by atoms with Crippen LogP contribution in [0.3, 0.4) is 0 Å². The summed E-state index contributed by atoms with van der Waals surface area (Å²) in [6.07, 6.45) is 2.03. The molecule has 0 bridgehead atoms. The predicted molar refractivity (Wildman–Crippen MR) is 101 cm³/mol. The van der Waals surface area contributed by atoms with E-state index in [0.717, 1.165) is 16.9 Å². The number of carbonyl (C=O) groups excluding carboxylic acids is 2. The zero-order valence-corrected chi connectivity index (χ0v) is 15.8. The average Bonchev–Trinajstić information content (AvgIpc) is 2.63. The van der Waals surface area contributed by atoms with Crippen molar-refractivity contribution in [2.24, 2.45) is 0 Å². The summed E-state index contributed by atoms with van der Waals surface area (Å²) in [6.45, 7) is 6.49. The van der Waals surface area contributed by atoms with E-state index in [-0.39, 0.29) is 5.56 Å². The van der Waals surface area contributed by atoms with Gasteiger partial charge in [-0.3, -0.25) is 9.59 Å². The van der Waals surface area contributed by atoms with Crippen LogP contribution in [0.4, 0.5) is 0 Å². The first-order valence-corrected chi connectivity index (χ1v) is 8.70. The maximum atomic E-state index is 11.7. The molecule has 7 heteroatoms. The Labute approximate surface area is 157 Å². The van der Waals surface area contributed by atoms with Gasteiger partial charge in [-0.2, -0.15) is 0 Å². The standard InChI is InChI=1S/C20H24N2O5/c1-13-10-14(2)15(3)17(11-13)26-9-5-8-21-18(23)12-27-20(25)16-6-4-7-22-19(16)24/h4,6-7,10-11H,5,8-9,12H2,1-3H3,(H,21,23)(H,22,24). The highest BCUT2D eigenvalue weighted by molar-refractivity contribution is 5.90.